The summed E-state index contributed by atoms with van der Waals surface area (Å²) in [5.41, 5.74) is 2.02. The molecule has 1 nitrogen and oxygen atoms in total. The second-order valence-electron chi connectivity index (χ2n) is 3.80. The van der Waals surface area contributed by atoms with Gasteiger partial charge in [-0.1, -0.05) is 56.8 Å². The van der Waals surface area contributed by atoms with E-state index in [1.807, 2.05) is 18.2 Å². The van der Waals surface area contributed by atoms with Gasteiger partial charge < -0.3 is 0 Å². The molecule has 0 spiro atoms. The zero-order valence-corrected chi connectivity index (χ0v) is 13.1. The minimum atomic E-state index is 0.0853. The minimum Gasteiger partial charge on any atom is -0.263 e. The number of hydrogen-bond acceptors (Lipinski definition) is 1. The molecule has 0 aliphatic carbocycles. The average Bonchev–Trinajstić information content (AvgIpc) is 2.32. The van der Waals surface area contributed by atoms with Crippen LogP contribution < -0.4 is 0 Å². The Morgan fingerprint density at radius 3 is 2.56 bits per heavy atom. The van der Waals surface area contributed by atoms with E-state index in [0.29, 0.717) is 15.1 Å². The largest absolute Gasteiger partial charge is 0.263 e. The maximum absolute atomic E-state index is 6.17. The first-order chi connectivity index (χ1) is 8.58. The summed E-state index contributed by atoms with van der Waals surface area (Å²) in [6, 6.07) is 7.38. The van der Waals surface area contributed by atoms with Gasteiger partial charge >= 0.3 is 0 Å². The third-order valence-corrected chi connectivity index (χ3v) is 4.28. The molecule has 1 aromatic carbocycles. The summed E-state index contributed by atoms with van der Waals surface area (Å²) in [4.78, 5) is 4.05. The first-order valence-electron chi connectivity index (χ1n) is 5.25. The summed E-state index contributed by atoms with van der Waals surface area (Å²) >= 11 is 21.8. The molecule has 0 radical (unpaired) electrons. The summed E-state index contributed by atoms with van der Waals surface area (Å²) in [6.45, 7) is 0. The van der Waals surface area contributed by atoms with Crippen molar-refractivity contribution < 1.29 is 0 Å². The average molecular weight is 365 g/mol. The molecule has 94 valence electrons. The summed E-state index contributed by atoms with van der Waals surface area (Å²) in [7, 11) is 0. The van der Waals surface area contributed by atoms with Crippen LogP contribution in [0.15, 0.2) is 36.7 Å². The van der Waals surface area contributed by atoms with E-state index in [0.717, 1.165) is 17.5 Å². The fourth-order valence-corrected chi connectivity index (χ4v) is 3.24. The monoisotopic (exact) mass is 363 g/mol. The Hall–Kier alpha value is -0.280. The molecule has 1 aromatic heterocycles. The lowest BCUT2D eigenvalue weighted by Crippen LogP contribution is -1.97. The van der Waals surface area contributed by atoms with Crippen molar-refractivity contribution in [3.8, 4) is 0 Å². The first kappa shape index (κ1) is 14.1. The molecule has 0 aliphatic rings. The number of aromatic nitrogens is 1. The number of pyridine rings is 1. The van der Waals surface area contributed by atoms with E-state index in [4.69, 9.17) is 34.8 Å². The van der Waals surface area contributed by atoms with Gasteiger partial charge in [0.05, 0.1) is 5.02 Å². The van der Waals surface area contributed by atoms with Crippen molar-refractivity contribution in [1.82, 2.24) is 4.98 Å². The van der Waals surface area contributed by atoms with Crippen LogP contribution in [0.3, 0.4) is 0 Å². The Balaban J connectivity index is 2.22. The number of hydrogen-bond donors (Lipinski definition) is 0. The third kappa shape index (κ3) is 3.39. The highest BCUT2D eigenvalue weighted by atomic mass is 79.9. The highest BCUT2D eigenvalue weighted by Gasteiger charge is 2.14. The van der Waals surface area contributed by atoms with Crippen LogP contribution in [0.25, 0.3) is 0 Å². The molecular formula is C13H9BrCl3N. The normalized spacial score (nSPS) is 12.4. The van der Waals surface area contributed by atoms with Crippen LogP contribution in [0.2, 0.25) is 15.1 Å². The zero-order chi connectivity index (χ0) is 13.1. The third-order valence-electron chi connectivity index (χ3n) is 2.56. The van der Waals surface area contributed by atoms with E-state index in [1.54, 1.807) is 18.5 Å². The van der Waals surface area contributed by atoms with Crippen LogP contribution in [-0.4, -0.2) is 4.98 Å². The number of alkyl halides is 1. The molecule has 0 bridgehead atoms. The predicted octanol–water partition coefficient (Wildman–Crippen LogP) is 5.72. The van der Waals surface area contributed by atoms with Gasteiger partial charge in [-0.3, -0.25) is 4.98 Å². The van der Waals surface area contributed by atoms with Gasteiger partial charge in [-0.25, -0.2) is 0 Å². The second-order valence-corrected chi connectivity index (χ2v) is 6.16. The Labute approximate surface area is 129 Å². The summed E-state index contributed by atoms with van der Waals surface area (Å²) in [6.07, 6.45) is 4.10. The van der Waals surface area contributed by atoms with Crippen molar-refractivity contribution in [3.05, 3.63) is 62.9 Å². The lowest BCUT2D eigenvalue weighted by molar-refractivity contribution is 0.945. The molecule has 0 saturated heterocycles. The van der Waals surface area contributed by atoms with Crippen molar-refractivity contribution >= 4 is 50.7 Å². The SMILES string of the molecule is Clc1ccc(C(Br)Cc2ccncc2Cl)c(Cl)c1. The Kier molecular flexibility index (Phi) is 4.91. The van der Waals surface area contributed by atoms with Gasteiger partial charge in [0.25, 0.3) is 0 Å². The van der Waals surface area contributed by atoms with Gasteiger partial charge in [0.15, 0.2) is 0 Å². The van der Waals surface area contributed by atoms with Crippen LogP contribution in [-0.2, 0) is 6.42 Å². The van der Waals surface area contributed by atoms with E-state index in [9.17, 15) is 0 Å². The predicted molar refractivity (Wildman–Crippen MR) is 81.1 cm³/mol. The molecule has 18 heavy (non-hydrogen) atoms. The van der Waals surface area contributed by atoms with Crippen molar-refractivity contribution in [2.45, 2.75) is 11.2 Å². The van der Waals surface area contributed by atoms with Gasteiger partial charge in [0, 0.05) is 27.3 Å². The fraction of sp³-hybridized carbons (Fsp3) is 0.154. The number of halogens is 4. The molecular weight excluding hydrogens is 356 g/mol. The van der Waals surface area contributed by atoms with Crippen LogP contribution in [0.5, 0.6) is 0 Å². The topological polar surface area (TPSA) is 12.9 Å². The highest BCUT2D eigenvalue weighted by Crippen LogP contribution is 2.34. The van der Waals surface area contributed by atoms with E-state index in [2.05, 4.69) is 20.9 Å². The van der Waals surface area contributed by atoms with Gasteiger partial charge in [0.2, 0.25) is 0 Å². The van der Waals surface area contributed by atoms with Crippen LogP contribution >= 0.6 is 50.7 Å². The van der Waals surface area contributed by atoms with Gasteiger partial charge in [0.1, 0.15) is 0 Å². The number of rotatable bonds is 3. The molecule has 0 saturated carbocycles. The quantitative estimate of drug-likeness (QED) is 0.634. The van der Waals surface area contributed by atoms with Crippen LogP contribution in [0.1, 0.15) is 16.0 Å². The molecule has 1 unspecified atom stereocenters. The summed E-state index contributed by atoms with van der Waals surface area (Å²) in [5, 5.41) is 1.94. The zero-order valence-electron chi connectivity index (χ0n) is 9.21. The molecule has 1 atom stereocenters. The number of nitrogens with zero attached hydrogens (tertiary/aromatic N) is 1. The van der Waals surface area contributed by atoms with Crippen LogP contribution in [0, 0.1) is 0 Å². The van der Waals surface area contributed by atoms with E-state index < -0.39 is 0 Å². The van der Waals surface area contributed by atoms with Gasteiger partial charge in [-0.05, 0) is 35.7 Å². The molecule has 1 heterocycles. The maximum Gasteiger partial charge on any atom is 0.0621 e. The molecule has 0 amide bonds. The molecule has 2 aromatic rings. The molecule has 0 N–H and O–H groups in total. The Morgan fingerprint density at radius 1 is 1.11 bits per heavy atom. The van der Waals surface area contributed by atoms with E-state index in [-0.39, 0.29) is 4.83 Å². The highest BCUT2D eigenvalue weighted by molar-refractivity contribution is 9.09. The van der Waals surface area contributed by atoms with Crippen molar-refractivity contribution in [2.24, 2.45) is 0 Å². The number of benzene rings is 1. The minimum absolute atomic E-state index is 0.0853. The second kappa shape index (κ2) is 6.25. The van der Waals surface area contributed by atoms with E-state index >= 15 is 0 Å². The lowest BCUT2D eigenvalue weighted by Gasteiger charge is -2.13. The first-order valence-corrected chi connectivity index (χ1v) is 7.30. The fourth-order valence-electron chi connectivity index (χ4n) is 1.63. The maximum atomic E-state index is 6.17. The molecule has 5 heteroatoms. The van der Waals surface area contributed by atoms with Crippen molar-refractivity contribution in [2.75, 3.05) is 0 Å². The molecule has 0 aliphatic heterocycles. The van der Waals surface area contributed by atoms with Gasteiger partial charge in [-0.15, -0.1) is 0 Å². The summed E-state index contributed by atoms with van der Waals surface area (Å²) in [5.74, 6) is 0. The van der Waals surface area contributed by atoms with Crippen molar-refractivity contribution in [3.63, 3.8) is 0 Å². The Morgan fingerprint density at radius 2 is 1.89 bits per heavy atom. The standard InChI is InChI=1S/C13H9BrCl3N/c14-11(5-8-3-4-18-7-13(8)17)10-2-1-9(15)6-12(10)16/h1-4,6-7,11H,5H2. The lowest BCUT2D eigenvalue weighted by atomic mass is 10.1. The summed E-state index contributed by atoms with van der Waals surface area (Å²) < 4.78 is 0. The smallest absolute Gasteiger partial charge is 0.0621 e. The van der Waals surface area contributed by atoms with Crippen LogP contribution in [0.4, 0.5) is 0 Å². The van der Waals surface area contributed by atoms with Crippen molar-refractivity contribution in [1.29, 1.82) is 0 Å². The van der Waals surface area contributed by atoms with Gasteiger partial charge in [-0.2, -0.15) is 0 Å². The molecule has 0 fully saturated rings. The van der Waals surface area contributed by atoms with E-state index in [1.165, 1.54) is 0 Å². The molecule has 2 rings (SSSR count). The Bertz CT molecular complexity index is 560.